The van der Waals surface area contributed by atoms with E-state index in [1.807, 2.05) is 0 Å². The molecule has 1 saturated heterocycles. The van der Waals surface area contributed by atoms with Gasteiger partial charge in [-0.1, -0.05) is 28.4 Å². The number of benzene rings is 2. The highest BCUT2D eigenvalue weighted by Gasteiger charge is 2.53. The van der Waals surface area contributed by atoms with Crippen LogP contribution in [-0.4, -0.2) is 48.1 Å². The standard InChI is InChI=1S/C23H25BrF2N4O3/c24-15-8-9-19-16(14-15)23(33,21(31)27-10-5-13-29-11-2-1-3-12-29)30(22(32)28-19)20-17(25)6-4-7-18(20)26/h4,6-9,14,33H,1-3,5,10-13H2,(H,27,31)(H,28,32)/t23-/m1/s1. The molecule has 1 fully saturated rings. The fourth-order valence-corrected chi connectivity index (χ4v) is 4.71. The number of nitrogens with one attached hydrogen (secondary N) is 2. The third kappa shape index (κ3) is 4.60. The molecule has 3 amide bonds. The maximum atomic E-state index is 14.7. The Morgan fingerprint density at radius 1 is 1.15 bits per heavy atom. The highest BCUT2D eigenvalue weighted by molar-refractivity contribution is 9.10. The number of para-hydroxylation sites is 1. The fraction of sp³-hybridized carbons (Fsp3) is 0.391. The molecule has 0 aromatic heterocycles. The maximum absolute atomic E-state index is 14.7. The topological polar surface area (TPSA) is 84.9 Å². The highest BCUT2D eigenvalue weighted by atomic mass is 79.9. The summed E-state index contributed by atoms with van der Waals surface area (Å²) >= 11 is 3.29. The second-order valence-corrected chi connectivity index (χ2v) is 9.13. The Morgan fingerprint density at radius 3 is 2.55 bits per heavy atom. The second-order valence-electron chi connectivity index (χ2n) is 8.21. The van der Waals surface area contributed by atoms with Crippen LogP contribution >= 0.6 is 15.9 Å². The van der Waals surface area contributed by atoms with E-state index in [0.717, 1.165) is 50.7 Å². The van der Waals surface area contributed by atoms with Crippen LogP contribution in [0.1, 0.15) is 31.2 Å². The predicted octanol–water partition coefficient (Wildman–Crippen LogP) is 3.92. The summed E-state index contributed by atoms with van der Waals surface area (Å²) in [6, 6.07) is 6.59. The molecule has 0 bridgehead atoms. The summed E-state index contributed by atoms with van der Waals surface area (Å²) in [4.78, 5) is 29.0. The summed E-state index contributed by atoms with van der Waals surface area (Å²) in [6.45, 7) is 3.04. The number of carbonyl (C=O) groups is 2. The maximum Gasteiger partial charge on any atom is 0.329 e. The first-order valence-electron chi connectivity index (χ1n) is 10.9. The van der Waals surface area contributed by atoms with Gasteiger partial charge in [0.05, 0.1) is 5.69 Å². The molecule has 2 aliphatic rings. The monoisotopic (exact) mass is 522 g/mol. The molecule has 7 nitrogen and oxygen atoms in total. The molecule has 2 aromatic rings. The lowest BCUT2D eigenvalue weighted by atomic mass is 9.94. The van der Waals surface area contributed by atoms with Gasteiger partial charge in [0, 0.05) is 16.6 Å². The molecule has 2 aliphatic heterocycles. The molecular weight excluding hydrogens is 498 g/mol. The van der Waals surface area contributed by atoms with E-state index in [-0.39, 0.29) is 17.8 Å². The fourth-order valence-electron chi connectivity index (χ4n) is 4.35. The minimum atomic E-state index is -2.67. The molecule has 0 unspecified atom stereocenters. The van der Waals surface area contributed by atoms with Crippen molar-refractivity contribution in [3.05, 3.63) is 58.1 Å². The number of rotatable bonds is 6. The average Bonchev–Trinajstić information content (AvgIpc) is 2.79. The van der Waals surface area contributed by atoms with E-state index in [1.54, 1.807) is 6.07 Å². The smallest absolute Gasteiger partial charge is 0.329 e. The molecule has 2 aromatic carbocycles. The highest BCUT2D eigenvalue weighted by Crippen LogP contribution is 2.42. The van der Waals surface area contributed by atoms with Crippen molar-refractivity contribution in [3.8, 4) is 0 Å². The van der Waals surface area contributed by atoms with Crippen molar-refractivity contribution in [2.75, 3.05) is 36.4 Å². The van der Waals surface area contributed by atoms with Gasteiger partial charge in [-0.05, 0) is 69.2 Å². The van der Waals surface area contributed by atoms with Gasteiger partial charge in [-0.3, -0.25) is 4.79 Å². The van der Waals surface area contributed by atoms with Crippen molar-refractivity contribution in [1.82, 2.24) is 10.2 Å². The summed E-state index contributed by atoms with van der Waals surface area (Å²) in [5.74, 6) is -3.11. The first-order chi connectivity index (χ1) is 15.8. The molecule has 176 valence electrons. The van der Waals surface area contributed by atoms with Crippen molar-refractivity contribution >= 4 is 39.2 Å². The largest absolute Gasteiger partial charge is 0.359 e. The van der Waals surface area contributed by atoms with E-state index in [4.69, 9.17) is 0 Å². The summed E-state index contributed by atoms with van der Waals surface area (Å²) < 4.78 is 29.8. The Bertz CT molecular complexity index is 1040. The van der Waals surface area contributed by atoms with E-state index < -0.39 is 35.0 Å². The molecular formula is C23H25BrF2N4O3. The number of nitrogens with zero attached hydrogens (tertiary/aromatic N) is 2. The SMILES string of the molecule is O=C1Nc2ccc(Br)cc2[C@@](O)(C(=O)NCCCN2CCCCC2)N1c1c(F)cccc1F. The Balaban J connectivity index is 1.65. The number of urea groups is 1. The van der Waals surface area contributed by atoms with Gasteiger partial charge >= 0.3 is 6.03 Å². The molecule has 10 heteroatoms. The van der Waals surface area contributed by atoms with Crippen molar-refractivity contribution < 1.29 is 23.5 Å². The van der Waals surface area contributed by atoms with E-state index in [0.29, 0.717) is 15.8 Å². The Kier molecular flexibility index (Phi) is 6.96. The van der Waals surface area contributed by atoms with Gasteiger partial charge in [-0.25, -0.2) is 18.5 Å². The lowest BCUT2D eigenvalue weighted by molar-refractivity contribution is -0.140. The Morgan fingerprint density at radius 2 is 1.85 bits per heavy atom. The third-order valence-electron chi connectivity index (χ3n) is 5.99. The van der Waals surface area contributed by atoms with Crippen molar-refractivity contribution in [2.45, 2.75) is 31.4 Å². The van der Waals surface area contributed by atoms with E-state index in [2.05, 4.69) is 31.5 Å². The molecule has 0 spiro atoms. The third-order valence-corrected chi connectivity index (χ3v) is 6.48. The number of hydrogen-bond donors (Lipinski definition) is 3. The number of fused-ring (bicyclic) bond motifs is 1. The number of likely N-dealkylation sites (tertiary alicyclic amines) is 1. The van der Waals surface area contributed by atoms with Gasteiger partial charge in [0.1, 0.15) is 17.3 Å². The number of anilines is 2. The molecule has 4 rings (SSSR count). The second kappa shape index (κ2) is 9.74. The van der Waals surface area contributed by atoms with Gasteiger partial charge in [0.25, 0.3) is 11.6 Å². The molecule has 2 heterocycles. The zero-order valence-electron chi connectivity index (χ0n) is 17.9. The number of piperidine rings is 1. The van der Waals surface area contributed by atoms with Crippen LogP contribution in [0, 0.1) is 11.6 Å². The average molecular weight is 523 g/mol. The summed E-state index contributed by atoms with van der Waals surface area (Å²) in [6.07, 6.45) is 4.15. The van der Waals surface area contributed by atoms with Gasteiger partial charge in [0.15, 0.2) is 0 Å². The van der Waals surface area contributed by atoms with Crippen LogP contribution in [0.25, 0.3) is 0 Å². The lowest BCUT2D eigenvalue weighted by Gasteiger charge is -2.42. The van der Waals surface area contributed by atoms with Gasteiger partial charge in [-0.2, -0.15) is 0 Å². The zero-order valence-corrected chi connectivity index (χ0v) is 19.5. The first-order valence-corrected chi connectivity index (χ1v) is 11.7. The van der Waals surface area contributed by atoms with Crippen LogP contribution in [0.2, 0.25) is 0 Å². The quantitative estimate of drug-likeness (QED) is 0.502. The zero-order chi connectivity index (χ0) is 23.6. The van der Waals surface area contributed by atoms with Crippen molar-refractivity contribution in [3.63, 3.8) is 0 Å². The normalized spacial score (nSPS) is 20.8. The minimum Gasteiger partial charge on any atom is -0.359 e. The van der Waals surface area contributed by atoms with Crippen LogP contribution in [-0.2, 0) is 10.5 Å². The van der Waals surface area contributed by atoms with Crippen LogP contribution in [0.3, 0.4) is 0 Å². The molecule has 3 N–H and O–H groups in total. The van der Waals surface area contributed by atoms with E-state index in [1.165, 1.54) is 18.6 Å². The molecule has 0 radical (unpaired) electrons. The molecule has 1 atom stereocenters. The van der Waals surface area contributed by atoms with Crippen molar-refractivity contribution in [1.29, 1.82) is 0 Å². The number of aliphatic hydroxyl groups is 1. The molecule has 0 saturated carbocycles. The Hall–Kier alpha value is -2.56. The molecule has 0 aliphatic carbocycles. The Labute approximate surface area is 198 Å². The summed E-state index contributed by atoms with van der Waals surface area (Å²) in [7, 11) is 0. The van der Waals surface area contributed by atoms with E-state index in [9.17, 15) is 23.5 Å². The van der Waals surface area contributed by atoms with E-state index >= 15 is 0 Å². The first kappa shape index (κ1) is 23.6. The lowest BCUT2D eigenvalue weighted by Crippen LogP contribution is -2.63. The van der Waals surface area contributed by atoms with Crippen LogP contribution in [0.15, 0.2) is 40.9 Å². The number of carbonyl (C=O) groups excluding carboxylic acids is 2. The summed E-state index contributed by atoms with van der Waals surface area (Å²) in [5.41, 5.74) is -3.32. The van der Waals surface area contributed by atoms with Gasteiger partial charge in [-0.15, -0.1) is 0 Å². The van der Waals surface area contributed by atoms with Gasteiger partial charge in [0.2, 0.25) is 0 Å². The van der Waals surface area contributed by atoms with Crippen LogP contribution in [0.5, 0.6) is 0 Å². The number of hydrogen-bond acceptors (Lipinski definition) is 4. The summed E-state index contributed by atoms with van der Waals surface area (Å²) in [5, 5.41) is 16.8. The molecule has 33 heavy (non-hydrogen) atoms. The van der Waals surface area contributed by atoms with Crippen molar-refractivity contribution in [2.24, 2.45) is 0 Å². The van der Waals surface area contributed by atoms with Crippen LogP contribution in [0.4, 0.5) is 25.0 Å². The number of halogens is 3. The number of amides is 3. The predicted molar refractivity (Wildman–Crippen MR) is 124 cm³/mol. The minimum absolute atomic E-state index is 0.00680. The van der Waals surface area contributed by atoms with Gasteiger partial charge < -0.3 is 20.6 Å². The van der Waals surface area contributed by atoms with Crippen LogP contribution < -0.4 is 15.5 Å².